The highest BCUT2D eigenvalue weighted by Gasteiger charge is 2.72. The van der Waals surface area contributed by atoms with Gasteiger partial charge in [0, 0.05) is 38.9 Å². The van der Waals surface area contributed by atoms with E-state index in [4.69, 9.17) is 21.1 Å². The lowest BCUT2D eigenvalue weighted by Gasteiger charge is -2.37. The molecule has 1 spiro atoms. The van der Waals surface area contributed by atoms with Gasteiger partial charge in [0.25, 0.3) is 0 Å². The molecule has 7 rings (SSSR count). The zero-order chi connectivity index (χ0) is 29.2. The summed E-state index contributed by atoms with van der Waals surface area (Å²) in [6, 6.07) is 25.0. The van der Waals surface area contributed by atoms with Gasteiger partial charge in [-0.25, -0.2) is 0 Å². The predicted molar refractivity (Wildman–Crippen MR) is 161 cm³/mol. The number of anilines is 1. The fourth-order valence-electron chi connectivity index (χ4n) is 7.15. The number of halogens is 1. The summed E-state index contributed by atoms with van der Waals surface area (Å²) < 4.78 is 11.4. The Bertz CT molecular complexity index is 1780. The molecule has 4 aromatic carbocycles. The number of rotatable bonds is 5. The van der Waals surface area contributed by atoms with Crippen LogP contribution in [-0.2, 0) is 0 Å². The molecule has 3 aliphatic rings. The van der Waals surface area contributed by atoms with E-state index < -0.39 is 23.4 Å². The zero-order valence-electron chi connectivity index (χ0n) is 22.9. The lowest BCUT2D eigenvalue weighted by molar-refractivity contribution is 0.0664. The van der Waals surface area contributed by atoms with Crippen molar-refractivity contribution in [2.75, 3.05) is 19.1 Å². The third-order valence-corrected chi connectivity index (χ3v) is 9.10. The van der Waals surface area contributed by atoms with Gasteiger partial charge in [-0.05, 0) is 42.0 Å². The van der Waals surface area contributed by atoms with Crippen molar-refractivity contribution in [1.82, 2.24) is 0 Å². The van der Waals surface area contributed by atoms with Crippen LogP contribution in [0.4, 0.5) is 5.69 Å². The van der Waals surface area contributed by atoms with Crippen LogP contribution >= 0.6 is 11.6 Å². The molecule has 0 bridgehead atoms. The Hall–Kier alpha value is -4.68. The molecule has 2 heterocycles. The van der Waals surface area contributed by atoms with Crippen LogP contribution in [-0.4, -0.2) is 43.7 Å². The normalized spacial score (nSPS) is 21.2. The maximum absolute atomic E-state index is 14.8. The molecule has 0 radical (unpaired) electrons. The molecule has 42 heavy (non-hydrogen) atoms. The maximum atomic E-state index is 14.8. The Morgan fingerprint density at radius 1 is 0.833 bits per heavy atom. The van der Waals surface area contributed by atoms with Gasteiger partial charge in [-0.2, -0.15) is 0 Å². The van der Waals surface area contributed by atoms with Crippen molar-refractivity contribution in [3.63, 3.8) is 0 Å². The zero-order valence-corrected chi connectivity index (χ0v) is 23.7. The van der Waals surface area contributed by atoms with Crippen molar-refractivity contribution < 1.29 is 23.9 Å². The molecule has 0 aromatic heterocycles. The Morgan fingerprint density at radius 3 is 2.19 bits per heavy atom. The highest BCUT2D eigenvalue weighted by Crippen LogP contribution is 2.62. The van der Waals surface area contributed by atoms with Gasteiger partial charge in [0.05, 0.1) is 20.3 Å². The second kappa shape index (κ2) is 9.71. The molecule has 0 amide bonds. The van der Waals surface area contributed by atoms with Gasteiger partial charge in [-0.3, -0.25) is 14.4 Å². The monoisotopic (exact) mass is 575 g/mol. The van der Waals surface area contributed by atoms with Crippen molar-refractivity contribution in [2.45, 2.75) is 18.0 Å². The summed E-state index contributed by atoms with van der Waals surface area (Å²) in [5.74, 6) is -0.756. The van der Waals surface area contributed by atoms with Gasteiger partial charge < -0.3 is 14.4 Å². The average Bonchev–Trinajstić information content (AvgIpc) is 3.46. The lowest BCUT2D eigenvalue weighted by Crippen LogP contribution is -2.48. The van der Waals surface area contributed by atoms with E-state index in [1.165, 1.54) is 0 Å². The van der Waals surface area contributed by atoms with Crippen LogP contribution in [0.25, 0.3) is 6.08 Å². The Labute approximate surface area is 248 Å². The number of ether oxygens (including phenoxy) is 2. The van der Waals surface area contributed by atoms with Crippen LogP contribution in [0.3, 0.4) is 0 Å². The Morgan fingerprint density at radius 2 is 1.52 bits per heavy atom. The quantitative estimate of drug-likeness (QED) is 0.195. The molecule has 2 aliphatic heterocycles. The molecule has 1 fully saturated rings. The number of methoxy groups -OCH3 is 2. The summed E-state index contributed by atoms with van der Waals surface area (Å²) in [7, 11) is 3.09. The van der Waals surface area contributed by atoms with Gasteiger partial charge in [0.1, 0.15) is 23.0 Å². The van der Waals surface area contributed by atoms with E-state index in [0.29, 0.717) is 38.8 Å². The fourth-order valence-corrected chi connectivity index (χ4v) is 7.33. The number of hydrogen-bond donors (Lipinski definition) is 0. The fraction of sp³-hybridized carbons (Fsp3) is 0.171. The minimum absolute atomic E-state index is 0.208. The number of Topliss-reactive ketones (excluding diaryl/α,β-unsaturated/α-hetero) is 3. The number of benzene rings is 4. The van der Waals surface area contributed by atoms with Gasteiger partial charge in [0.2, 0.25) is 0 Å². The van der Waals surface area contributed by atoms with Crippen LogP contribution < -0.4 is 14.4 Å². The van der Waals surface area contributed by atoms with E-state index >= 15 is 0 Å². The molecule has 3 atom stereocenters. The molecule has 0 N–H and O–H groups in total. The summed E-state index contributed by atoms with van der Waals surface area (Å²) in [6.07, 6.45) is 3.77. The highest BCUT2D eigenvalue weighted by molar-refractivity contribution is 6.33. The standard InChI is InChI=1S/C35H26ClNO5/c1-41-23-14-16-28(42-2)26(19-23)30-31(32(38)20-8-4-3-5-9-20)37-27-15-13-22(36)18-21(27)12-17-29(37)35(30)33(39)24-10-6-7-11-25(24)34(35)40/h3-19,29-31H,1-2H3. The number of hydrogen-bond acceptors (Lipinski definition) is 6. The third-order valence-electron chi connectivity index (χ3n) is 8.86. The molecule has 1 aliphatic carbocycles. The summed E-state index contributed by atoms with van der Waals surface area (Å²) in [5.41, 5.74) is 1.63. The van der Waals surface area contributed by atoms with E-state index in [0.717, 1.165) is 11.3 Å². The lowest BCUT2D eigenvalue weighted by atomic mass is 9.64. The van der Waals surface area contributed by atoms with Crippen molar-refractivity contribution in [3.05, 3.63) is 130 Å². The number of ketones is 3. The number of fused-ring (bicyclic) bond motifs is 5. The van der Waals surface area contributed by atoms with Crippen molar-refractivity contribution in [1.29, 1.82) is 0 Å². The number of nitrogens with zero attached hydrogens (tertiary/aromatic N) is 1. The van der Waals surface area contributed by atoms with Crippen molar-refractivity contribution in [2.24, 2.45) is 5.41 Å². The molecular weight excluding hydrogens is 550 g/mol. The van der Waals surface area contributed by atoms with Crippen LogP contribution in [0, 0.1) is 5.41 Å². The largest absolute Gasteiger partial charge is 0.497 e. The van der Waals surface area contributed by atoms with Gasteiger partial charge >= 0.3 is 0 Å². The van der Waals surface area contributed by atoms with Gasteiger partial charge in [-0.1, -0.05) is 78.4 Å². The second-order valence-corrected chi connectivity index (χ2v) is 11.2. The second-order valence-electron chi connectivity index (χ2n) is 10.7. The highest BCUT2D eigenvalue weighted by atomic mass is 35.5. The topological polar surface area (TPSA) is 72.9 Å². The predicted octanol–water partition coefficient (Wildman–Crippen LogP) is 6.67. The minimum Gasteiger partial charge on any atom is -0.497 e. The maximum Gasteiger partial charge on any atom is 0.185 e. The molecule has 0 saturated carbocycles. The Kier molecular flexibility index (Phi) is 6.06. The molecule has 7 heteroatoms. The van der Waals surface area contributed by atoms with Crippen molar-refractivity contribution >= 4 is 40.7 Å². The van der Waals surface area contributed by atoms with Gasteiger partial charge in [0.15, 0.2) is 17.3 Å². The molecule has 1 saturated heterocycles. The van der Waals surface area contributed by atoms with Crippen LogP contribution in [0.15, 0.2) is 97.1 Å². The summed E-state index contributed by atoms with van der Waals surface area (Å²) >= 11 is 6.38. The molecule has 208 valence electrons. The molecule has 3 unspecified atom stereocenters. The molecule has 6 nitrogen and oxygen atoms in total. The van der Waals surface area contributed by atoms with E-state index in [1.54, 1.807) is 74.9 Å². The van der Waals surface area contributed by atoms with E-state index in [9.17, 15) is 14.4 Å². The van der Waals surface area contributed by atoms with Crippen LogP contribution in [0.1, 0.15) is 48.1 Å². The van der Waals surface area contributed by atoms with Gasteiger partial charge in [-0.15, -0.1) is 0 Å². The smallest absolute Gasteiger partial charge is 0.185 e. The van der Waals surface area contributed by atoms with Crippen molar-refractivity contribution in [3.8, 4) is 11.5 Å². The number of carbonyl (C=O) groups excluding carboxylic acids is 3. The summed E-state index contributed by atoms with van der Waals surface area (Å²) in [4.78, 5) is 46.3. The van der Waals surface area contributed by atoms with E-state index in [2.05, 4.69) is 0 Å². The number of carbonyl (C=O) groups is 3. The SMILES string of the molecule is COc1ccc(OC)c(C2C(C(=O)c3ccccc3)N3c4ccc(Cl)cc4C=CC3C23C(=O)c2ccccc2C3=O)c1. The third kappa shape index (κ3) is 3.48. The first kappa shape index (κ1) is 26.2. The van der Waals surface area contributed by atoms with Crippen LogP contribution in [0.5, 0.6) is 11.5 Å². The van der Waals surface area contributed by atoms with E-state index in [-0.39, 0.29) is 17.3 Å². The summed E-state index contributed by atoms with van der Waals surface area (Å²) in [6.45, 7) is 0. The minimum atomic E-state index is -1.65. The molecular formula is C35H26ClNO5. The Balaban J connectivity index is 1.59. The first-order valence-corrected chi connectivity index (χ1v) is 14.1. The van der Waals surface area contributed by atoms with E-state index in [1.807, 2.05) is 47.4 Å². The first-order valence-electron chi connectivity index (χ1n) is 13.7. The van der Waals surface area contributed by atoms with Crippen LogP contribution in [0.2, 0.25) is 5.02 Å². The average molecular weight is 576 g/mol. The summed E-state index contributed by atoms with van der Waals surface area (Å²) in [5, 5.41) is 0.545. The first-order chi connectivity index (χ1) is 20.4. The molecule has 4 aromatic rings.